The van der Waals surface area contributed by atoms with E-state index in [4.69, 9.17) is 28.4 Å². The monoisotopic (exact) mass is 586 g/mol. The van der Waals surface area contributed by atoms with Gasteiger partial charge in [-0.05, 0) is 68.6 Å². The lowest BCUT2D eigenvalue weighted by atomic mass is 9.58. The lowest BCUT2D eigenvalue weighted by Gasteiger charge is -2.50. The number of ether oxygens (including phenoxy) is 6. The summed E-state index contributed by atoms with van der Waals surface area (Å²) in [6.07, 6.45) is 1.08. The van der Waals surface area contributed by atoms with Crippen LogP contribution in [0.15, 0.2) is 24.0 Å². The maximum absolute atomic E-state index is 13.5. The molecule has 0 amide bonds. The van der Waals surface area contributed by atoms with Crippen molar-refractivity contribution in [3.05, 3.63) is 35.1 Å². The molecule has 1 aromatic rings. The van der Waals surface area contributed by atoms with Crippen LogP contribution >= 0.6 is 0 Å². The summed E-state index contributed by atoms with van der Waals surface area (Å²) in [6, 6.07) is 3.85. The predicted octanol–water partition coefficient (Wildman–Crippen LogP) is 3.28. The molecule has 6 atom stereocenters. The van der Waals surface area contributed by atoms with Gasteiger partial charge < -0.3 is 33.5 Å². The third kappa shape index (κ3) is 5.12. The molecule has 11 heteroatoms. The second-order valence-corrected chi connectivity index (χ2v) is 12.0. The maximum Gasteiger partial charge on any atom is 0.353 e. The number of hydrogen-bond acceptors (Lipinski definition) is 11. The highest BCUT2D eigenvalue weighted by Crippen LogP contribution is 2.67. The second-order valence-electron chi connectivity index (χ2n) is 12.0. The van der Waals surface area contributed by atoms with Crippen molar-refractivity contribution in [2.24, 2.45) is 11.8 Å². The molecule has 1 aromatic carbocycles. The lowest BCUT2D eigenvalue weighted by Crippen LogP contribution is -2.58. The van der Waals surface area contributed by atoms with Crippen LogP contribution in [0.3, 0.4) is 0 Å². The Bertz CT molecular complexity index is 1320. The van der Waals surface area contributed by atoms with E-state index in [9.17, 15) is 24.3 Å². The zero-order valence-electron chi connectivity index (χ0n) is 24.6. The first-order chi connectivity index (χ1) is 19.9. The first-order valence-corrected chi connectivity index (χ1v) is 14.5. The Morgan fingerprint density at radius 2 is 1.88 bits per heavy atom. The van der Waals surface area contributed by atoms with Crippen LogP contribution in [0.2, 0.25) is 0 Å². The molecule has 3 aliphatic carbocycles. The number of carbonyl (C=O) groups excluding carboxylic acids is 4. The van der Waals surface area contributed by atoms with Gasteiger partial charge in [-0.3, -0.25) is 9.59 Å². The first kappa shape index (κ1) is 29.9. The van der Waals surface area contributed by atoms with E-state index in [1.807, 2.05) is 26.0 Å². The largest absolute Gasteiger partial charge is 0.493 e. The number of carbonyl (C=O) groups is 4. The summed E-state index contributed by atoms with van der Waals surface area (Å²) in [5.74, 6) is -2.60. The fourth-order valence-corrected chi connectivity index (χ4v) is 6.86. The van der Waals surface area contributed by atoms with Gasteiger partial charge in [-0.25, -0.2) is 9.59 Å². The van der Waals surface area contributed by atoms with Crippen LogP contribution in [0.25, 0.3) is 0 Å². The van der Waals surface area contributed by atoms with Crippen LogP contribution in [0.4, 0.5) is 0 Å². The van der Waals surface area contributed by atoms with Crippen molar-refractivity contribution in [3.63, 3.8) is 0 Å². The average Bonchev–Trinajstić information content (AvgIpc) is 3.29. The number of rotatable bonds is 10. The van der Waals surface area contributed by atoms with Crippen molar-refractivity contribution < 1.29 is 52.7 Å². The van der Waals surface area contributed by atoms with Gasteiger partial charge in [-0.2, -0.15) is 0 Å². The van der Waals surface area contributed by atoms with E-state index in [0.717, 1.165) is 30.9 Å². The Balaban J connectivity index is 1.37. The summed E-state index contributed by atoms with van der Waals surface area (Å²) in [5, 5.41) is 12.1. The summed E-state index contributed by atoms with van der Waals surface area (Å²) in [6.45, 7) is 6.36. The Morgan fingerprint density at radius 1 is 1.12 bits per heavy atom. The van der Waals surface area contributed by atoms with Crippen LogP contribution in [-0.4, -0.2) is 66.1 Å². The van der Waals surface area contributed by atoms with Crippen LogP contribution in [0, 0.1) is 11.8 Å². The molecule has 0 radical (unpaired) electrons. The van der Waals surface area contributed by atoms with E-state index >= 15 is 0 Å². The van der Waals surface area contributed by atoms with Crippen LogP contribution < -0.4 is 9.47 Å². The highest BCUT2D eigenvalue weighted by Gasteiger charge is 2.68. The molecule has 1 fully saturated rings. The number of aliphatic hydroxyl groups is 1. The molecule has 228 valence electrons. The Labute approximate surface area is 244 Å². The van der Waals surface area contributed by atoms with Gasteiger partial charge in [-0.15, -0.1) is 0 Å². The molecule has 0 saturated heterocycles. The molecule has 1 saturated carbocycles. The molecule has 0 spiro atoms. The minimum atomic E-state index is -1.63. The second kappa shape index (κ2) is 11.2. The molecule has 0 aromatic heterocycles. The highest BCUT2D eigenvalue weighted by atomic mass is 16.6. The maximum atomic E-state index is 13.5. The highest BCUT2D eigenvalue weighted by molar-refractivity contribution is 5.86. The van der Waals surface area contributed by atoms with Gasteiger partial charge in [0.15, 0.2) is 23.2 Å². The fourth-order valence-electron chi connectivity index (χ4n) is 6.86. The van der Waals surface area contributed by atoms with Crippen molar-refractivity contribution in [2.45, 2.75) is 95.5 Å². The summed E-state index contributed by atoms with van der Waals surface area (Å²) in [5.41, 5.74) is -0.339. The van der Waals surface area contributed by atoms with Crippen molar-refractivity contribution in [2.75, 3.05) is 13.7 Å². The van der Waals surface area contributed by atoms with Crippen molar-refractivity contribution in [1.29, 1.82) is 0 Å². The van der Waals surface area contributed by atoms with Crippen LogP contribution in [0.5, 0.6) is 11.5 Å². The minimum absolute atomic E-state index is 0.00565. The average molecular weight is 587 g/mol. The van der Waals surface area contributed by atoms with Gasteiger partial charge in [0.05, 0.1) is 31.7 Å². The third-order valence-corrected chi connectivity index (χ3v) is 8.65. The molecular weight excluding hydrogens is 548 g/mol. The topological polar surface area (TPSA) is 144 Å². The molecule has 1 aliphatic heterocycles. The van der Waals surface area contributed by atoms with Gasteiger partial charge in [-0.1, -0.05) is 19.9 Å². The SMILES string of the molecule is COc1ccc2c3c1OC14CCC[C@H](C2)[C@](O)(CC=C1OC(=O)[C@H](CC(=O)O[C@@H](C)C(=O)OCC(C)C)OC(C)=O)C34. The van der Waals surface area contributed by atoms with Gasteiger partial charge in [0, 0.05) is 12.5 Å². The molecule has 1 heterocycles. The van der Waals surface area contributed by atoms with E-state index in [1.54, 1.807) is 13.2 Å². The number of esters is 4. The summed E-state index contributed by atoms with van der Waals surface area (Å²) < 4.78 is 33.5. The Hall–Kier alpha value is -3.60. The predicted molar refractivity (Wildman–Crippen MR) is 145 cm³/mol. The van der Waals surface area contributed by atoms with E-state index in [0.29, 0.717) is 24.3 Å². The summed E-state index contributed by atoms with van der Waals surface area (Å²) in [7, 11) is 1.55. The molecule has 4 aliphatic rings. The molecular formula is C31H38O11. The minimum Gasteiger partial charge on any atom is -0.493 e. The molecule has 2 unspecified atom stereocenters. The summed E-state index contributed by atoms with van der Waals surface area (Å²) in [4.78, 5) is 50.2. The smallest absolute Gasteiger partial charge is 0.353 e. The zero-order chi connectivity index (χ0) is 30.4. The van der Waals surface area contributed by atoms with E-state index in [2.05, 4.69) is 0 Å². The van der Waals surface area contributed by atoms with Crippen LogP contribution in [0.1, 0.15) is 76.8 Å². The van der Waals surface area contributed by atoms with Gasteiger partial charge >= 0.3 is 23.9 Å². The molecule has 11 nitrogen and oxygen atoms in total. The van der Waals surface area contributed by atoms with E-state index in [1.165, 1.54) is 6.92 Å². The van der Waals surface area contributed by atoms with E-state index in [-0.39, 0.29) is 30.6 Å². The Kier molecular flexibility index (Phi) is 8.00. The normalized spacial score (nSPS) is 27.9. The quantitative estimate of drug-likeness (QED) is 0.319. The first-order valence-electron chi connectivity index (χ1n) is 14.5. The number of benzene rings is 1. The van der Waals surface area contributed by atoms with Crippen LogP contribution in [-0.2, 0) is 44.5 Å². The third-order valence-electron chi connectivity index (χ3n) is 8.65. The number of hydrogen-bond donors (Lipinski definition) is 1. The number of methoxy groups -OCH3 is 1. The zero-order valence-corrected chi connectivity index (χ0v) is 24.6. The van der Waals surface area contributed by atoms with Crippen molar-refractivity contribution >= 4 is 23.9 Å². The molecule has 1 N–H and O–H groups in total. The van der Waals surface area contributed by atoms with Crippen molar-refractivity contribution in [1.82, 2.24) is 0 Å². The standard InChI is InChI=1S/C31H38O11/c1-16(2)15-38-28(34)17(3)39-24(33)14-22(40-18(4)32)29(35)41-23-10-12-30(36)20-7-6-11-31(23)27(30)25-19(13-20)8-9-21(37-5)26(25)42-31/h8-10,16-17,20,22,27,36H,6-7,11-15H2,1-5H3/t17-,20+,22-,27?,30+,31?/m0/s1. The molecule has 4 bridgehead atoms. The molecule has 5 rings (SSSR count). The molecule has 42 heavy (non-hydrogen) atoms. The Morgan fingerprint density at radius 3 is 2.57 bits per heavy atom. The van der Waals surface area contributed by atoms with Crippen molar-refractivity contribution in [3.8, 4) is 11.5 Å². The van der Waals surface area contributed by atoms with Gasteiger partial charge in [0.25, 0.3) is 0 Å². The fraction of sp³-hybridized carbons (Fsp3) is 0.613. The lowest BCUT2D eigenvalue weighted by molar-refractivity contribution is -0.176. The van der Waals surface area contributed by atoms with Gasteiger partial charge in [0.2, 0.25) is 6.10 Å². The summed E-state index contributed by atoms with van der Waals surface area (Å²) >= 11 is 0. The van der Waals surface area contributed by atoms with E-state index < -0.39 is 59.6 Å². The van der Waals surface area contributed by atoms with Gasteiger partial charge in [0.1, 0.15) is 5.76 Å².